The smallest absolute Gasteiger partial charge is 0.144 e. The topological polar surface area (TPSA) is 21.3 Å². The highest BCUT2D eigenvalue weighted by atomic mass is 79.9. The number of benzene rings is 2. The van der Waals surface area contributed by atoms with Gasteiger partial charge in [-0.2, -0.15) is 0 Å². The molecule has 0 saturated carbocycles. The molecule has 1 aliphatic heterocycles. The molecule has 1 heterocycles. The first-order valence-corrected chi connectivity index (χ1v) is 7.41. The first-order valence-electron chi connectivity index (χ1n) is 6.62. The number of hydrogen-bond acceptors (Lipinski definition) is 2. The Morgan fingerprint density at radius 3 is 3.00 bits per heavy atom. The minimum Gasteiger partial charge on any atom is -0.481 e. The van der Waals surface area contributed by atoms with Crippen molar-refractivity contribution >= 4 is 21.6 Å². The van der Waals surface area contributed by atoms with Crippen molar-refractivity contribution in [3.8, 4) is 5.75 Å². The van der Waals surface area contributed by atoms with E-state index in [2.05, 4.69) is 51.6 Å². The van der Waals surface area contributed by atoms with Crippen LogP contribution in [0.1, 0.15) is 23.7 Å². The van der Waals surface area contributed by atoms with Crippen LogP contribution < -0.4 is 10.1 Å². The molecule has 0 radical (unpaired) electrons. The van der Waals surface area contributed by atoms with Crippen molar-refractivity contribution < 1.29 is 4.74 Å². The molecule has 96 valence electrons. The molecule has 2 unspecified atom stereocenters. The van der Waals surface area contributed by atoms with Crippen molar-refractivity contribution in [1.29, 1.82) is 0 Å². The molecule has 2 aliphatic rings. The van der Waals surface area contributed by atoms with Crippen LogP contribution in [0.2, 0.25) is 0 Å². The van der Waals surface area contributed by atoms with Gasteiger partial charge in [0.25, 0.3) is 0 Å². The second-order valence-corrected chi connectivity index (χ2v) is 6.08. The van der Waals surface area contributed by atoms with Crippen LogP contribution in [-0.4, -0.2) is 6.04 Å². The maximum Gasteiger partial charge on any atom is 0.144 e. The van der Waals surface area contributed by atoms with Gasteiger partial charge in [-0.25, -0.2) is 0 Å². The molecule has 0 spiro atoms. The molecule has 0 saturated heterocycles. The van der Waals surface area contributed by atoms with Gasteiger partial charge in [0.2, 0.25) is 0 Å². The molecule has 1 aliphatic carbocycles. The first-order chi connectivity index (χ1) is 9.31. The predicted molar refractivity (Wildman–Crippen MR) is 79.7 cm³/mol. The van der Waals surface area contributed by atoms with Crippen molar-refractivity contribution in [1.82, 2.24) is 0 Å². The maximum atomic E-state index is 6.23. The first kappa shape index (κ1) is 11.4. The van der Waals surface area contributed by atoms with Gasteiger partial charge < -0.3 is 10.1 Å². The summed E-state index contributed by atoms with van der Waals surface area (Å²) in [6, 6.07) is 15.1. The minimum atomic E-state index is 0.138. The van der Waals surface area contributed by atoms with Crippen LogP contribution in [0.3, 0.4) is 0 Å². The SMILES string of the molecule is Brc1ccc2c(c1)NC1CCc3ccccc3C1O2. The molecule has 2 aromatic rings. The molecular weight excluding hydrogens is 302 g/mol. The summed E-state index contributed by atoms with van der Waals surface area (Å²) in [4.78, 5) is 0. The molecule has 2 nitrogen and oxygen atoms in total. The van der Waals surface area contributed by atoms with E-state index < -0.39 is 0 Å². The Balaban J connectivity index is 1.77. The van der Waals surface area contributed by atoms with Crippen molar-refractivity contribution in [2.75, 3.05) is 5.32 Å². The third-order valence-corrected chi connectivity index (χ3v) is 4.48. The number of ether oxygens (including phenoxy) is 1. The lowest BCUT2D eigenvalue weighted by Crippen LogP contribution is -2.38. The summed E-state index contributed by atoms with van der Waals surface area (Å²) in [5.41, 5.74) is 3.85. The Kier molecular flexibility index (Phi) is 2.55. The van der Waals surface area contributed by atoms with Crippen LogP contribution in [0.15, 0.2) is 46.9 Å². The molecule has 19 heavy (non-hydrogen) atoms. The monoisotopic (exact) mass is 315 g/mol. The zero-order valence-electron chi connectivity index (χ0n) is 10.4. The third-order valence-electron chi connectivity index (χ3n) is 3.99. The van der Waals surface area contributed by atoms with Gasteiger partial charge in [-0.1, -0.05) is 40.2 Å². The van der Waals surface area contributed by atoms with E-state index >= 15 is 0 Å². The highest BCUT2D eigenvalue weighted by molar-refractivity contribution is 9.10. The number of hydrogen-bond donors (Lipinski definition) is 1. The van der Waals surface area contributed by atoms with E-state index in [1.165, 1.54) is 11.1 Å². The lowest BCUT2D eigenvalue weighted by Gasteiger charge is -2.39. The number of anilines is 1. The molecule has 0 amide bonds. The Morgan fingerprint density at radius 2 is 2.05 bits per heavy atom. The number of rotatable bonds is 0. The third kappa shape index (κ3) is 1.84. The van der Waals surface area contributed by atoms with Crippen LogP contribution in [0.25, 0.3) is 0 Å². The average Bonchev–Trinajstić information content (AvgIpc) is 2.45. The molecule has 2 aromatic carbocycles. The number of nitrogens with one attached hydrogen (secondary N) is 1. The van der Waals surface area contributed by atoms with Gasteiger partial charge in [-0.05, 0) is 42.2 Å². The summed E-state index contributed by atoms with van der Waals surface area (Å²) >= 11 is 3.51. The van der Waals surface area contributed by atoms with Gasteiger partial charge in [0.15, 0.2) is 0 Å². The van der Waals surface area contributed by atoms with Crippen LogP contribution >= 0.6 is 15.9 Å². The van der Waals surface area contributed by atoms with Crippen LogP contribution in [0.4, 0.5) is 5.69 Å². The van der Waals surface area contributed by atoms with Crippen molar-refractivity contribution in [3.05, 3.63) is 58.1 Å². The van der Waals surface area contributed by atoms with Gasteiger partial charge in [0.1, 0.15) is 11.9 Å². The van der Waals surface area contributed by atoms with Crippen molar-refractivity contribution in [3.63, 3.8) is 0 Å². The summed E-state index contributed by atoms with van der Waals surface area (Å²) in [5, 5.41) is 3.63. The molecule has 1 N–H and O–H groups in total. The van der Waals surface area contributed by atoms with Crippen molar-refractivity contribution in [2.45, 2.75) is 25.0 Å². The van der Waals surface area contributed by atoms with E-state index in [-0.39, 0.29) is 6.10 Å². The lowest BCUT2D eigenvalue weighted by molar-refractivity contribution is 0.158. The standard InChI is InChI=1S/C16H14BrNO/c17-11-6-8-15-14(9-11)18-13-7-5-10-3-1-2-4-12(10)16(13)19-15/h1-4,6,8-9,13,16,18H,5,7H2. The van der Waals surface area contributed by atoms with E-state index in [4.69, 9.17) is 4.74 Å². The predicted octanol–water partition coefficient (Wildman–Crippen LogP) is 4.31. The Labute approximate surface area is 120 Å². The Bertz CT molecular complexity index is 640. The largest absolute Gasteiger partial charge is 0.481 e. The Hall–Kier alpha value is -1.48. The second kappa shape index (κ2) is 4.27. The zero-order valence-corrected chi connectivity index (χ0v) is 12.0. The fraction of sp³-hybridized carbons (Fsp3) is 0.250. The minimum absolute atomic E-state index is 0.138. The summed E-state index contributed by atoms with van der Waals surface area (Å²) in [7, 11) is 0. The van der Waals surface area contributed by atoms with E-state index in [0.717, 1.165) is 28.8 Å². The van der Waals surface area contributed by atoms with Gasteiger partial charge in [0, 0.05) is 4.47 Å². The molecule has 0 aromatic heterocycles. The maximum absolute atomic E-state index is 6.23. The average molecular weight is 316 g/mol. The quantitative estimate of drug-likeness (QED) is 0.782. The zero-order chi connectivity index (χ0) is 12.8. The summed E-state index contributed by atoms with van der Waals surface area (Å²) < 4.78 is 7.31. The van der Waals surface area contributed by atoms with Gasteiger partial charge in [-0.3, -0.25) is 0 Å². The summed E-state index contributed by atoms with van der Waals surface area (Å²) in [5.74, 6) is 0.946. The van der Waals surface area contributed by atoms with E-state index in [1.807, 2.05) is 12.1 Å². The fourth-order valence-corrected chi connectivity index (χ4v) is 3.43. The number of aryl methyl sites for hydroxylation is 1. The summed E-state index contributed by atoms with van der Waals surface area (Å²) in [6.07, 6.45) is 2.38. The van der Waals surface area contributed by atoms with E-state index in [0.29, 0.717) is 6.04 Å². The lowest BCUT2D eigenvalue weighted by atomic mass is 9.85. The molecule has 0 fully saturated rings. The Morgan fingerprint density at radius 1 is 1.16 bits per heavy atom. The molecule has 0 bridgehead atoms. The van der Waals surface area contributed by atoms with Gasteiger partial charge >= 0.3 is 0 Å². The number of halogens is 1. The van der Waals surface area contributed by atoms with Crippen LogP contribution in [-0.2, 0) is 6.42 Å². The van der Waals surface area contributed by atoms with Crippen LogP contribution in [0, 0.1) is 0 Å². The normalized spacial score (nSPS) is 23.4. The molecule has 4 rings (SSSR count). The summed E-state index contributed by atoms with van der Waals surface area (Å²) in [6.45, 7) is 0. The molecule has 3 heteroatoms. The highest BCUT2D eigenvalue weighted by Gasteiger charge is 2.35. The van der Waals surface area contributed by atoms with Gasteiger partial charge in [-0.15, -0.1) is 0 Å². The van der Waals surface area contributed by atoms with E-state index in [1.54, 1.807) is 0 Å². The van der Waals surface area contributed by atoms with Gasteiger partial charge in [0.05, 0.1) is 11.7 Å². The van der Waals surface area contributed by atoms with E-state index in [9.17, 15) is 0 Å². The second-order valence-electron chi connectivity index (χ2n) is 5.17. The molecule has 2 atom stereocenters. The number of fused-ring (bicyclic) bond motifs is 4. The highest BCUT2D eigenvalue weighted by Crippen LogP contribution is 2.43. The molecular formula is C16H14BrNO. The van der Waals surface area contributed by atoms with Crippen molar-refractivity contribution in [2.24, 2.45) is 0 Å². The fourth-order valence-electron chi connectivity index (χ4n) is 3.07. The van der Waals surface area contributed by atoms with Crippen LogP contribution in [0.5, 0.6) is 5.75 Å².